The van der Waals surface area contributed by atoms with E-state index in [1.807, 2.05) is 0 Å². The largest absolute Gasteiger partial charge is 0.382 e. The molecule has 1 aromatic rings. The number of nitrogens with one attached hydrogen (secondary N) is 2. The SMILES string of the molecule is c1ccc(N[C@H]2C[C@H]3CCC[C@@H](C2)N3)cc1. The normalized spacial score (nSPS) is 33.4. The lowest BCUT2D eigenvalue weighted by Crippen LogP contribution is -2.51. The van der Waals surface area contributed by atoms with Crippen molar-refractivity contribution in [1.29, 1.82) is 0 Å². The van der Waals surface area contributed by atoms with Crippen LogP contribution in [0.5, 0.6) is 0 Å². The Morgan fingerprint density at radius 3 is 2.38 bits per heavy atom. The quantitative estimate of drug-likeness (QED) is 0.794. The van der Waals surface area contributed by atoms with Crippen molar-refractivity contribution in [3.8, 4) is 0 Å². The van der Waals surface area contributed by atoms with E-state index < -0.39 is 0 Å². The van der Waals surface area contributed by atoms with Crippen molar-refractivity contribution in [3.05, 3.63) is 30.3 Å². The smallest absolute Gasteiger partial charge is 0.0342 e. The lowest BCUT2D eigenvalue weighted by atomic mass is 9.84. The molecule has 0 radical (unpaired) electrons. The van der Waals surface area contributed by atoms with E-state index in [4.69, 9.17) is 0 Å². The van der Waals surface area contributed by atoms with E-state index in [1.54, 1.807) is 0 Å². The Morgan fingerprint density at radius 2 is 1.69 bits per heavy atom. The number of rotatable bonds is 2. The number of fused-ring (bicyclic) bond motifs is 2. The third-order valence-electron chi connectivity index (χ3n) is 3.86. The summed E-state index contributed by atoms with van der Waals surface area (Å²) in [4.78, 5) is 0. The van der Waals surface area contributed by atoms with Gasteiger partial charge < -0.3 is 10.6 Å². The molecule has 0 aromatic heterocycles. The zero-order chi connectivity index (χ0) is 10.8. The van der Waals surface area contributed by atoms with Crippen LogP contribution >= 0.6 is 0 Å². The van der Waals surface area contributed by atoms with Gasteiger partial charge in [-0.2, -0.15) is 0 Å². The number of para-hydroxylation sites is 1. The molecule has 2 aliphatic rings. The molecule has 3 rings (SSSR count). The number of hydrogen-bond acceptors (Lipinski definition) is 2. The van der Waals surface area contributed by atoms with E-state index in [0.717, 1.165) is 12.1 Å². The predicted molar refractivity (Wildman–Crippen MR) is 67.6 cm³/mol. The highest BCUT2D eigenvalue weighted by Gasteiger charge is 2.30. The van der Waals surface area contributed by atoms with E-state index in [1.165, 1.54) is 37.8 Å². The fourth-order valence-corrected chi connectivity index (χ4v) is 3.15. The first-order chi connectivity index (χ1) is 7.90. The van der Waals surface area contributed by atoms with Crippen LogP contribution in [-0.2, 0) is 0 Å². The van der Waals surface area contributed by atoms with Crippen molar-refractivity contribution in [2.45, 2.75) is 50.2 Å². The Hall–Kier alpha value is -1.02. The minimum absolute atomic E-state index is 0.666. The number of hydrogen-bond donors (Lipinski definition) is 2. The van der Waals surface area contributed by atoms with Crippen molar-refractivity contribution in [2.24, 2.45) is 0 Å². The zero-order valence-corrected chi connectivity index (χ0v) is 9.65. The molecule has 2 saturated heterocycles. The molecule has 0 amide bonds. The Bertz CT molecular complexity index is 324. The summed E-state index contributed by atoms with van der Waals surface area (Å²) in [7, 11) is 0. The minimum Gasteiger partial charge on any atom is -0.382 e. The fraction of sp³-hybridized carbons (Fsp3) is 0.571. The predicted octanol–water partition coefficient (Wildman–Crippen LogP) is 2.77. The number of benzene rings is 1. The molecular formula is C14H20N2. The molecule has 2 heteroatoms. The lowest BCUT2D eigenvalue weighted by Gasteiger charge is -2.40. The van der Waals surface area contributed by atoms with E-state index in [-0.39, 0.29) is 0 Å². The molecule has 2 N–H and O–H groups in total. The van der Waals surface area contributed by atoms with E-state index in [9.17, 15) is 0 Å². The molecule has 0 spiro atoms. The highest BCUT2D eigenvalue weighted by molar-refractivity contribution is 5.43. The van der Waals surface area contributed by atoms with Crippen molar-refractivity contribution in [2.75, 3.05) is 5.32 Å². The van der Waals surface area contributed by atoms with Crippen molar-refractivity contribution in [1.82, 2.24) is 5.32 Å². The van der Waals surface area contributed by atoms with Gasteiger partial charge in [-0.15, -0.1) is 0 Å². The van der Waals surface area contributed by atoms with Crippen LogP contribution in [0.25, 0.3) is 0 Å². The van der Waals surface area contributed by atoms with Crippen LogP contribution in [0.15, 0.2) is 30.3 Å². The second-order valence-electron chi connectivity index (χ2n) is 5.17. The van der Waals surface area contributed by atoms with Crippen LogP contribution in [-0.4, -0.2) is 18.1 Å². The molecule has 0 saturated carbocycles. The molecule has 2 heterocycles. The molecule has 16 heavy (non-hydrogen) atoms. The topological polar surface area (TPSA) is 24.1 Å². The average Bonchev–Trinajstić information content (AvgIpc) is 2.30. The molecule has 0 aliphatic carbocycles. The second kappa shape index (κ2) is 4.46. The van der Waals surface area contributed by atoms with Gasteiger partial charge in [0.25, 0.3) is 0 Å². The summed E-state index contributed by atoms with van der Waals surface area (Å²) in [6, 6.07) is 12.8. The average molecular weight is 216 g/mol. The molecule has 2 nitrogen and oxygen atoms in total. The van der Waals surface area contributed by atoms with Crippen LogP contribution in [0.4, 0.5) is 5.69 Å². The maximum atomic E-state index is 3.73. The van der Waals surface area contributed by atoms with E-state index in [2.05, 4.69) is 41.0 Å². The Balaban J connectivity index is 1.63. The number of anilines is 1. The molecule has 3 atom stereocenters. The first-order valence-electron chi connectivity index (χ1n) is 6.48. The highest BCUT2D eigenvalue weighted by atomic mass is 15.0. The standard InChI is InChI=1S/C14H20N2/c1-2-5-11(6-3-1)15-14-9-12-7-4-8-13(10-14)16-12/h1-3,5-6,12-16H,4,7-10H2/t12-,13+,14+. The summed E-state index contributed by atoms with van der Waals surface area (Å²) in [6.07, 6.45) is 6.71. The molecule has 86 valence electrons. The maximum Gasteiger partial charge on any atom is 0.0342 e. The van der Waals surface area contributed by atoms with Crippen LogP contribution in [0, 0.1) is 0 Å². The van der Waals surface area contributed by atoms with Gasteiger partial charge in [0.2, 0.25) is 0 Å². The summed E-state index contributed by atoms with van der Waals surface area (Å²) in [5.41, 5.74) is 1.27. The third-order valence-corrected chi connectivity index (χ3v) is 3.86. The van der Waals surface area contributed by atoms with E-state index in [0.29, 0.717) is 6.04 Å². The highest BCUT2D eigenvalue weighted by Crippen LogP contribution is 2.27. The van der Waals surface area contributed by atoms with Gasteiger partial charge in [-0.1, -0.05) is 24.6 Å². The van der Waals surface area contributed by atoms with Crippen LogP contribution in [0.3, 0.4) is 0 Å². The van der Waals surface area contributed by atoms with Gasteiger partial charge >= 0.3 is 0 Å². The summed E-state index contributed by atoms with van der Waals surface area (Å²) in [6.45, 7) is 0. The van der Waals surface area contributed by atoms with E-state index >= 15 is 0 Å². The maximum absolute atomic E-state index is 3.73. The first kappa shape index (κ1) is 10.2. The van der Waals surface area contributed by atoms with Gasteiger partial charge in [0.05, 0.1) is 0 Å². The first-order valence-corrected chi connectivity index (χ1v) is 6.48. The lowest BCUT2D eigenvalue weighted by molar-refractivity contribution is 0.230. The van der Waals surface area contributed by atoms with Gasteiger partial charge in [0, 0.05) is 23.8 Å². The molecule has 2 aliphatic heterocycles. The molecule has 0 unspecified atom stereocenters. The Labute approximate surface area is 97.4 Å². The van der Waals surface area contributed by atoms with Gasteiger partial charge in [0.15, 0.2) is 0 Å². The zero-order valence-electron chi connectivity index (χ0n) is 9.65. The summed E-state index contributed by atoms with van der Waals surface area (Å²) in [5.74, 6) is 0. The van der Waals surface area contributed by atoms with Crippen molar-refractivity contribution < 1.29 is 0 Å². The van der Waals surface area contributed by atoms with Gasteiger partial charge in [-0.25, -0.2) is 0 Å². The van der Waals surface area contributed by atoms with Crippen LogP contribution in [0.2, 0.25) is 0 Å². The molecule has 2 bridgehead atoms. The second-order valence-corrected chi connectivity index (χ2v) is 5.17. The minimum atomic E-state index is 0.666. The molecular weight excluding hydrogens is 196 g/mol. The number of piperidine rings is 2. The van der Waals surface area contributed by atoms with Gasteiger partial charge in [-0.05, 0) is 37.8 Å². The summed E-state index contributed by atoms with van der Waals surface area (Å²) in [5, 5.41) is 7.40. The Kier molecular flexibility index (Phi) is 2.83. The summed E-state index contributed by atoms with van der Waals surface area (Å²) < 4.78 is 0. The van der Waals surface area contributed by atoms with Crippen molar-refractivity contribution >= 4 is 5.69 Å². The van der Waals surface area contributed by atoms with Crippen LogP contribution < -0.4 is 10.6 Å². The monoisotopic (exact) mass is 216 g/mol. The van der Waals surface area contributed by atoms with Crippen molar-refractivity contribution in [3.63, 3.8) is 0 Å². The third kappa shape index (κ3) is 2.22. The summed E-state index contributed by atoms with van der Waals surface area (Å²) >= 11 is 0. The van der Waals surface area contributed by atoms with Crippen LogP contribution in [0.1, 0.15) is 32.1 Å². The fourth-order valence-electron chi connectivity index (χ4n) is 3.15. The van der Waals surface area contributed by atoms with Gasteiger partial charge in [0.1, 0.15) is 0 Å². The Morgan fingerprint density at radius 1 is 1.00 bits per heavy atom. The van der Waals surface area contributed by atoms with Gasteiger partial charge in [-0.3, -0.25) is 0 Å². The molecule has 2 fully saturated rings. The molecule has 1 aromatic carbocycles.